The van der Waals surface area contributed by atoms with E-state index in [1.54, 1.807) is 0 Å². The van der Waals surface area contributed by atoms with Crippen LogP contribution in [0.5, 0.6) is 5.75 Å². The summed E-state index contributed by atoms with van der Waals surface area (Å²) in [5.41, 5.74) is 6.57. The highest BCUT2D eigenvalue weighted by Gasteiger charge is 2.51. The van der Waals surface area contributed by atoms with Crippen LogP contribution in [0.1, 0.15) is 50.5 Å². The third kappa shape index (κ3) is 3.32. The summed E-state index contributed by atoms with van der Waals surface area (Å²) in [4.78, 5) is 25.0. The van der Waals surface area contributed by atoms with E-state index in [0.717, 1.165) is 29.1 Å². The van der Waals surface area contributed by atoms with Crippen molar-refractivity contribution in [2.45, 2.75) is 51.4 Å². The lowest BCUT2D eigenvalue weighted by Gasteiger charge is -2.56. The molecule has 144 valence electrons. The molecule has 5 aliphatic rings. The first-order chi connectivity index (χ1) is 13.1. The molecule has 1 heterocycles. The summed E-state index contributed by atoms with van der Waals surface area (Å²) >= 11 is 0. The summed E-state index contributed by atoms with van der Waals surface area (Å²) in [6.45, 7) is 0.355. The van der Waals surface area contributed by atoms with Crippen LogP contribution in [0.15, 0.2) is 24.3 Å². The van der Waals surface area contributed by atoms with Crippen molar-refractivity contribution in [1.29, 1.82) is 0 Å². The van der Waals surface area contributed by atoms with Crippen molar-refractivity contribution >= 4 is 11.8 Å². The molecular weight excluding hydrogens is 340 g/mol. The van der Waals surface area contributed by atoms with Gasteiger partial charge in [-0.2, -0.15) is 0 Å². The standard InChI is InChI=1S/C22H28N2O3/c25-20(12-22-9-14-5-15(10-22)7-16(6-14)11-22)23-24-21(26)18-8-17-3-1-2-4-19(17)27-13-18/h1-4,14-16,18H,5-13H2,(H,23,25)(H,24,26). The topological polar surface area (TPSA) is 67.4 Å². The summed E-state index contributed by atoms with van der Waals surface area (Å²) in [5.74, 6) is 2.88. The van der Waals surface area contributed by atoms with Crippen LogP contribution in [0.25, 0.3) is 0 Å². The maximum atomic E-state index is 12.6. The van der Waals surface area contributed by atoms with Crippen molar-refractivity contribution in [2.75, 3.05) is 6.61 Å². The number of hydrogen-bond acceptors (Lipinski definition) is 3. The fraction of sp³-hybridized carbons (Fsp3) is 0.636. The normalized spacial score (nSPS) is 35.9. The molecule has 1 unspecified atom stereocenters. The van der Waals surface area contributed by atoms with E-state index in [2.05, 4.69) is 10.9 Å². The molecule has 0 aromatic heterocycles. The molecule has 6 rings (SSSR count). The molecule has 5 heteroatoms. The third-order valence-electron chi connectivity index (χ3n) is 7.28. The fourth-order valence-corrected chi connectivity index (χ4v) is 6.62. The quantitative estimate of drug-likeness (QED) is 0.806. The van der Waals surface area contributed by atoms with Crippen LogP contribution >= 0.6 is 0 Å². The van der Waals surface area contributed by atoms with Gasteiger partial charge in [-0.1, -0.05) is 18.2 Å². The van der Waals surface area contributed by atoms with Crippen LogP contribution in [-0.2, 0) is 16.0 Å². The van der Waals surface area contributed by atoms with Crippen LogP contribution in [0.3, 0.4) is 0 Å². The smallest absolute Gasteiger partial charge is 0.245 e. The molecule has 0 spiro atoms. The van der Waals surface area contributed by atoms with Gasteiger partial charge in [-0.15, -0.1) is 0 Å². The van der Waals surface area contributed by atoms with Gasteiger partial charge in [-0.3, -0.25) is 20.4 Å². The number of carbonyl (C=O) groups is 2. The molecule has 1 aliphatic heterocycles. The fourth-order valence-electron chi connectivity index (χ4n) is 6.62. The molecule has 1 aromatic rings. The number of hydrogen-bond donors (Lipinski definition) is 2. The number of para-hydroxylation sites is 1. The first-order valence-corrected chi connectivity index (χ1v) is 10.4. The van der Waals surface area contributed by atoms with E-state index in [-0.39, 0.29) is 23.1 Å². The van der Waals surface area contributed by atoms with Crippen molar-refractivity contribution < 1.29 is 14.3 Å². The lowest BCUT2D eigenvalue weighted by molar-refractivity contribution is -0.136. The van der Waals surface area contributed by atoms with Crippen molar-refractivity contribution in [1.82, 2.24) is 10.9 Å². The van der Waals surface area contributed by atoms with Gasteiger partial charge >= 0.3 is 0 Å². The number of rotatable bonds is 3. The number of hydrazine groups is 1. The molecule has 5 nitrogen and oxygen atoms in total. The van der Waals surface area contributed by atoms with Gasteiger partial charge in [0.15, 0.2) is 0 Å². The summed E-state index contributed by atoms with van der Waals surface area (Å²) in [6, 6.07) is 7.80. The van der Waals surface area contributed by atoms with Gasteiger partial charge in [0.05, 0.1) is 5.92 Å². The predicted molar refractivity (Wildman–Crippen MR) is 101 cm³/mol. The van der Waals surface area contributed by atoms with Gasteiger partial charge in [-0.25, -0.2) is 0 Å². The number of nitrogens with one attached hydrogen (secondary N) is 2. The zero-order valence-corrected chi connectivity index (χ0v) is 15.7. The zero-order valence-electron chi connectivity index (χ0n) is 15.7. The Labute approximate surface area is 160 Å². The van der Waals surface area contributed by atoms with Crippen LogP contribution in [0.2, 0.25) is 0 Å². The molecule has 2 amide bonds. The third-order valence-corrected chi connectivity index (χ3v) is 7.28. The van der Waals surface area contributed by atoms with Crippen LogP contribution < -0.4 is 15.6 Å². The molecule has 4 bridgehead atoms. The van der Waals surface area contributed by atoms with Gasteiger partial charge < -0.3 is 4.74 Å². The van der Waals surface area contributed by atoms with Crippen molar-refractivity contribution in [3.63, 3.8) is 0 Å². The predicted octanol–water partition coefficient (Wildman–Crippen LogP) is 2.99. The maximum Gasteiger partial charge on any atom is 0.245 e. The SMILES string of the molecule is O=C(CC12CC3CC(CC(C3)C1)C2)NNC(=O)C1COc2ccccc2C1. The van der Waals surface area contributed by atoms with Crippen LogP contribution in [0.4, 0.5) is 0 Å². The molecule has 4 aliphatic carbocycles. The van der Waals surface area contributed by atoms with E-state index in [4.69, 9.17) is 4.74 Å². The molecule has 4 fully saturated rings. The van der Waals surface area contributed by atoms with Crippen LogP contribution in [-0.4, -0.2) is 18.4 Å². The Morgan fingerprint density at radius 2 is 1.67 bits per heavy atom. The summed E-state index contributed by atoms with van der Waals surface area (Å²) in [6.07, 6.45) is 8.94. The number of benzene rings is 1. The molecule has 27 heavy (non-hydrogen) atoms. The monoisotopic (exact) mass is 368 g/mol. The number of fused-ring (bicyclic) bond motifs is 1. The van der Waals surface area contributed by atoms with E-state index in [9.17, 15) is 9.59 Å². The van der Waals surface area contributed by atoms with Gasteiger partial charge in [0.1, 0.15) is 12.4 Å². The second kappa shape index (κ2) is 6.54. The van der Waals surface area contributed by atoms with E-state index < -0.39 is 0 Å². The molecule has 1 atom stereocenters. The first kappa shape index (κ1) is 17.1. The number of ether oxygens (including phenoxy) is 1. The second-order valence-electron chi connectivity index (χ2n) is 9.45. The Bertz CT molecular complexity index is 724. The molecule has 4 saturated carbocycles. The molecule has 2 N–H and O–H groups in total. The van der Waals surface area contributed by atoms with E-state index in [0.29, 0.717) is 19.4 Å². The Balaban J connectivity index is 1.14. The second-order valence-corrected chi connectivity index (χ2v) is 9.45. The van der Waals surface area contributed by atoms with Crippen LogP contribution in [0, 0.1) is 29.1 Å². The van der Waals surface area contributed by atoms with E-state index in [1.165, 1.54) is 38.5 Å². The Hall–Kier alpha value is -2.04. The van der Waals surface area contributed by atoms with Crippen molar-refractivity contribution in [3.05, 3.63) is 29.8 Å². The summed E-state index contributed by atoms with van der Waals surface area (Å²) < 4.78 is 5.68. The molecule has 1 aromatic carbocycles. The number of carbonyl (C=O) groups excluding carboxylic acids is 2. The lowest BCUT2D eigenvalue weighted by Crippen LogP contribution is -2.51. The van der Waals surface area contributed by atoms with Gasteiger partial charge in [0.25, 0.3) is 0 Å². The minimum Gasteiger partial charge on any atom is -0.492 e. The highest BCUT2D eigenvalue weighted by Crippen LogP contribution is 2.61. The highest BCUT2D eigenvalue weighted by molar-refractivity contribution is 5.84. The molecular formula is C22H28N2O3. The van der Waals surface area contributed by atoms with E-state index >= 15 is 0 Å². The Kier molecular flexibility index (Phi) is 4.14. The minimum absolute atomic E-state index is 0.0394. The largest absolute Gasteiger partial charge is 0.492 e. The van der Waals surface area contributed by atoms with Gasteiger partial charge in [-0.05, 0) is 79.7 Å². The van der Waals surface area contributed by atoms with Crippen molar-refractivity contribution in [3.8, 4) is 5.75 Å². The summed E-state index contributed by atoms with van der Waals surface area (Å²) in [5, 5.41) is 0. The first-order valence-electron chi connectivity index (χ1n) is 10.4. The maximum absolute atomic E-state index is 12.6. The minimum atomic E-state index is -0.264. The molecule has 0 saturated heterocycles. The van der Waals surface area contributed by atoms with Gasteiger partial charge in [0, 0.05) is 6.42 Å². The van der Waals surface area contributed by atoms with Crippen molar-refractivity contribution in [2.24, 2.45) is 29.1 Å². The average Bonchev–Trinajstić information content (AvgIpc) is 2.64. The van der Waals surface area contributed by atoms with Gasteiger partial charge in [0.2, 0.25) is 11.8 Å². The highest BCUT2D eigenvalue weighted by atomic mass is 16.5. The Morgan fingerprint density at radius 3 is 2.37 bits per heavy atom. The Morgan fingerprint density at radius 1 is 1.00 bits per heavy atom. The zero-order chi connectivity index (χ0) is 18.4. The van der Waals surface area contributed by atoms with E-state index in [1.807, 2.05) is 24.3 Å². The average molecular weight is 368 g/mol. The summed E-state index contributed by atoms with van der Waals surface area (Å²) in [7, 11) is 0. The number of amides is 2. The molecule has 0 radical (unpaired) electrons. The lowest BCUT2D eigenvalue weighted by atomic mass is 9.49.